The summed E-state index contributed by atoms with van der Waals surface area (Å²) in [5, 5.41) is 0. The first-order valence-corrected chi connectivity index (χ1v) is 9.67. The van der Waals surface area contributed by atoms with Crippen molar-refractivity contribution in [1.29, 1.82) is 0 Å². The smallest absolute Gasteiger partial charge is 0.254 e. The van der Waals surface area contributed by atoms with Crippen LogP contribution in [-0.2, 0) is 6.42 Å². The number of carbonyl (C=O) groups excluding carboxylic acids is 1. The van der Waals surface area contributed by atoms with Crippen LogP contribution in [0.4, 0.5) is 0 Å². The van der Waals surface area contributed by atoms with E-state index < -0.39 is 0 Å². The number of rotatable bonds is 3. The molecule has 2 heterocycles. The largest absolute Gasteiger partial charge is 0.497 e. The van der Waals surface area contributed by atoms with Crippen LogP contribution in [0.5, 0.6) is 17.2 Å². The molecule has 2 aliphatic rings. The summed E-state index contributed by atoms with van der Waals surface area (Å²) in [5.41, 5.74) is 4.05. The maximum absolute atomic E-state index is 13.5. The number of benzene rings is 3. The monoisotopic (exact) mass is 387 g/mol. The van der Waals surface area contributed by atoms with Crippen LogP contribution in [0.1, 0.15) is 33.1 Å². The fourth-order valence-electron chi connectivity index (χ4n) is 4.14. The molecule has 5 heteroatoms. The normalized spacial score (nSPS) is 17.0. The second-order valence-corrected chi connectivity index (χ2v) is 7.19. The molecule has 0 bridgehead atoms. The summed E-state index contributed by atoms with van der Waals surface area (Å²) in [6.07, 6.45) is 0.784. The molecule has 3 aromatic rings. The predicted molar refractivity (Wildman–Crippen MR) is 109 cm³/mol. The number of methoxy groups -OCH3 is 1. The molecule has 0 fully saturated rings. The van der Waals surface area contributed by atoms with Crippen molar-refractivity contribution in [3.8, 4) is 17.2 Å². The maximum Gasteiger partial charge on any atom is 0.254 e. The lowest BCUT2D eigenvalue weighted by Crippen LogP contribution is -2.40. The average molecular weight is 387 g/mol. The fraction of sp³-hybridized carbons (Fsp3) is 0.208. The van der Waals surface area contributed by atoms with Gasteiger partial charge in [0.25, 0.3) is 5.91 Å². The first kappa shape index (κ1) is 17.6. The van der Waals surface area contributed by atoms with Crippen LogP contribution >= 0.6 is 0 Å². The third-order valence-corrected chi connectivity index (χ3v) is 5.57. The van der Waals surface area contributed by atoms with E-state index in [0.29, 0.717) is 23.6 Å². The summed E-state index contributed by atoms with van der Waals surface area (Å²) >= 11 is 0. The van der Waals surface area contributed by atoms with Gasteiger partial charge in [-0.1, -0.05) is 36.4 Å². The summed E-state index contributed by atoms with van der Waals surface area (Å²) < 4.78 is 16.2. The van der Waals surface area contributed by atoms with Gasteiger partial charge in [0, 0.05) is 12.1 Å². The number of amides is 1. The first-order chi connectivity index (χ1) is 14.2. The van der Waals surface area contributed by atoms with Gasteiger partial charge < -0.3 is 19.1 Å². The zero-order valence-electron chi connectivity index (χ0n) is 16.1. The van der Waals surface area contributed by atoms with E-state index in [1.54, 1.807) is 25.3 Å². The molecule has 0 spiro atoms. The fourth-order valence-corrected chi connectivity index (χ4v) is 4.14. The van der Waals surface area contributed by atoms with Crippen LogP contribution < -0.4 is 14.2 Å². The van der Waals surface area contributed by atoms with Gasteiger partial charge in [0.15, 0.2) is 11.5 Å². The van der Waals surface area contributed by atoms with E-state index in [1.165, 1.54) is 5.56 Å². The first-order valence-electron chi connectivity index (χ1n) is 9.67. The van der Waals surface area contributed by atoms with Crippen molar-refractivity contribution in [2.45, 2.75) is 12.5 Å². The molecule has 0 saturated heterocycles. The maximum atomic E-state index is 13.5. The Balaban J connectivity index is 1.57. The summed E-state index contributed by atoms with van der Waals surface area (Å²) in [5.74, 6) is 2.12. The van der Waals surface area contributed by atoms with Gasteiger partial charge in [-0.3, -0.25) is 4.79 Å². The van der Waals surface area contributed by atoms with Gasteiger partial charge in [-0.2, -0.15) is 0 Å². The van der Waals surface area contributed by atoms with Crippen LogP contribution in [0.15, 0.2) is 66.7 Å². The molecular formula is C24H21NO4. The number of nitrogens with zero attached hydrogens (tertiary/aromatic N) is 1. The molecule has 1 atom stereocenters. The van der Waals surface area contributed by atoms with E-state index in [4.69, 9.17) is 14.2 Å². The Morgan fingerprint density at radius 2 is 1.83 bits per heavy atom. The van der Waals surface area contributed by atoms with Gasteiger partial charge in [0.05, 0.1) is 13.2 Å². The quantitative estimate of drug-likeness (QED) is 0.675. The topological polar surface area (TPSA) is 48.0 Å². The Morgan fingerprint density at radius 1 is 1.00 bits per heavy atom. The van der Waals surface area contributed by atoms with Gasteiger partial charge in [-0.05, 0) is 53.4 Å². The molecule has 5 nitrogen and oxygen atoms in total. The molecular weight excluding hydrogens is 366 g/mol. The van der Waals surface area contributed by atoms with E-state index in [2.05, 4.69) is 24.3 Å². The predicted octanol–water partition coefficient (Wildman–Crippen LogP) is 4.21. The zero-order chi connectivity index (χ0) is 19.8. The molecule has 5 rings (SSSR count). The summed E-state index contributed by atoms with van der Waals surface area (Å²) in [4.78, 5) is 15.5. The van der Waals surface area contributed by atoms with Gasteiger partial charge in [0.1, 0.15) is 5.75 Å². The summed E-state index contributed by atoms with van der Waals surface area (Å²) in [6.45, 7) is 0.825. The minimum absolute atomic E-state index is 0.0152. The van der Waals surface area contributed by atoms with Crippen LogP contribution in [0.3, 0.4) is 0 Å². The second-order valence-electron chi connectivity index (χ2n) is 7.19. The van der Waals surface area contributed by atoms with Crippen molar-refractivity contribution in [1.82, 2.24) is 4.90 Å². The molecule has 146 valence electrons. The lowest BCUT2D eigenvalue weighted by atomic mass is 9.87. The third kappa shape index (κ3) is 3.09. The van der Waals surface area contributed by atoms with E-state index in [-0.39, 0.29) is 18.7 Å². The Bertz CT molecular complexity index is 1060. The zero-order valence-corrected chi connectivity index (χ0v) is 16.1. The van der Waals surface area contributed by atoms with Gasteiger partial charge in [-0.15, -0.1) is 0 Å². The highest BCUT2D eigenvalue weighted by atomic mass is 16.7. The Hall–Kier alpha value is -3.47. The number of carbonyl (C=O) groups is 1. The second kappa shape index (κ2) is 7.17. The van der Waals surface area contributed by atoms with Crippen molar-refractivity contribution >= 4 is 5.91 Å². The van der Waals surface area contributed by atoms with Crippen LogP contribution in [0.25, 0.3) is 0 Å². The SMILES string of the molecule is COc1ccc2c(c1)CCN(C(=O)c1ccc3c(c1)OCO3)C2c1ccccc1. The van der Waals surface area contributed by atoms with Crippen molar-refractivity contribution in [2.75, 3.05) is 20.4 Å². The molecule has 0 saturated carbocycles. The number of hydrogen-bond donors (Lipinski definition) is 0. The molecule has 0 aliphatic carbocycles. The van der Waals surface area contributed by atoms with Crippen molar-refractivity contribution < 1.29 is 19.0 Å². The molecule has 2 aliphatic heterocycles. The number of hydrogen-bond acceptors (Lipinski definition) is 4. The molecule has 1 unspecified atom stereocenters. The van der Waals surface area contributed by atoms with Crippen molar-refractivity contribution in [2.24, 2.45) is 0 Å². The van der Waals surface area contributed by atoms with Crippen molar-refractivity contribution in [3.63, 3.8) is 0 Å². The standard InChI is InChI=1S/C24H21NO4/c1-27-19-8-9-20-17(13-19)11-12-25(23(20)16-5-3-2-4-6-16)24(26)18-7-10-21-22(14-18)29-15-28-21/h2-10,13-14,23H,11-12,15H2,1H3. The van der Waals surface area contributed by atoms with Crippen LogP contribution in [0, 0.1) is 0 Å². The average Bonchev–Trinajstić information content (AvgIpc) is 3.26. The Labute approximate surface area is 169 Å². The van der Waals surface area contributed by atoms with Gasteiger partial charge >= 0.3 is 0 Å². The Kier molecular flexibility index (Phi) is 4.35. The molecule has 0 N–H and O–H groups in total. The number of fused-ring (bicyclic) bond motifs is 2. The number of ether oxygens (including phenoxy) is 3. The van der Waals surface area contributed by atoms with Gasteiger partial charge in [-0.25, -0.2) is 0 Å². The lowest BCUT2D eigenvalue weighted by Gasteiger charge is -2.38. The van der Waals surface area contributed by atoms with Crippen LogP contribution in [0.2, 0.25) is 0 Å². The van der Waals surface area contributed by atoms with E-state index in [1.807, 2.05) is 29.2 Å². The molecule has 0 aromatic heterocycles. The van der Waals surface area contributed by atoms with Gasteiger partial charge in [0.2, 0.25) is 6.79 Å². The van der Waals surface area contributed by atoms with E-state index >= 15 is 0 Å². The highest BCUT2D eigenvalue weighted by Crippen LogP contribution is 2.39. The lowest BCUT2D eigenvalue weighted by molar-refractivity contribution is 0.0694. The Morgan fingerprint density at radius 3 is 2.66 bits per heavy atom. The molecule has 1 amide bonds. The minimum Gasteiger partial charge on any atom is -0.497 e. The summed E-state index contributed by atoms with van der Waals surface area (Å²) in [7, 11) is 1.68. The summed E-state index contributed by atoms with van der Waals surface area (Å²) in [6, 6.07) is 21.5. The van der Waals surface area contributed by atoms with E-state index in [0.717, 1.165) is 23.3 Å². The molecule has 3 aromatic carbocycles. The molecule has 29 heavy (non-hydrogen) atoms. The highest BCUT2D eigenvalue weighted by molar-refractivity contribution is 5.95. The van der Waals surface area contributed by atoms with Crippen LogP contribution in [-0.4, -0.2) is 31.3 Å². The third-order valence-electron chi connectivity index (χ3n) is 5.57. The van der Waals surface area contributed by atoms with E-state index in [9.17, 15) is 4.79 Å². The molecule has 0 radical (unpaired) electrons. The highest BCUT2D eigenvalue weighted by Gasteiger charge is 2.33. The van der Waals surface area contributed by atoms with Crippen molar-refractivity contribution in [3.05, 3.63) is 89.0 Å². The minimum atomic E-state index is -0.149.